The van der Waals surface area contributed by atoms with E-state index in [1.807, 2.05) is 37.3 Å². The Hall–Kier alpha value is -2.38. The normalized spacial score (nSPS) is 17.6. The van der Waals surface area contributed by atoms with Crippen LogP contribution in [0.5, 0.6) is 5.75 Å². The summed E-state index contributed by atoms with van der Waals surface area (Å²) in [5, 5.41) is 2.96. The molecule has 2 aromatic rings. The minimum absolute atomic E-state index is 0.0764. The number of carbonyl (C=O) groups is 1. The summed E-state index contributed by atoms with van der Waals surface area (Å²) in [5.74, 6) is 0.241. The van der Waals surface area contributed by atoms with Gasteiger partial charge in [0, 0.05) is 19.6 Å². The van der Waals surface area contributed by atoms with Crippen molar-refractivity contribution < 1.29 is 17.9 Å². The Morgan fingerprint density at radius 3 is 2.55 bits per heavy atom. The van der Waals surface area contributed by atoms with Crippen LogP contribution in [0.15, 0.2) is 59.5 Å². The zero-order valence-electron chi connectivity index (χ0n) is 16.7. The molecule has 0 spiro atoms. The minimum Gasteiger partial charge on any atom is -0.494 e. The highest BCUT2D eigenvalue weighted by atomic mass is 32.2. The van der Waals surface area contributed by atoms with E-state index in [9.17, 15) is 13.2 Å². The van der Waals surface area contributed by atoms with Crippen molar-refractivity contribution >= 4 is 15.9 Å². The number of rotatable bonds is 8. The Morgan fingerprint density at radius 1 is 1.14 bits per heavy atom. The van der Waals surface area contributed by atoms with E-state index in [0.29, 0.717) is 38.3 Å². The molecule has 1 atom stereocenters. The van der Waals surface area contributed by atoms with Gasteiger partial charge >= 0.3 is 0 Å². The third-order valence-electron chi connectivity index (χ3n) is 5.08. The molecule has 1 aliphatic heterocycles. The topological polar surface area (TPSA) is 75.7 Å². The van der Waals surface area contributed by atoms with Crippen LogP contribution in [-0.4, -0.2) is 44.9 Å². The Bertz CT molecular complexity index is 898. The molecule has 1 aliphatic rings. The van der Waals surface area contributed by atoms with Gasteiger partial charge in [-0.25, -0.2) is 8.42 Å². The maximum absolute atomic E-state index is 13.0. The van der Waals surface area contributed by atoms with E-state index < -0.39 is 10.0 Å². The summed E-state index contributed by atoms with van der Waals surface area (Å²) in [5.41, 5.74) is 1.16. The molecule has 0 saturated carbocycles. The number of nitrogens with zero attached hydrogens (tertiary/aromatic N) is 1. The van der Waals surface area contributed by atoms with Gasteiger partial charge < -0.3 is 10.1 Å². The Balaban J connectivity index is 1.58. The number of nitrogens with one attached hydrogen (secondary N) is 1. The largest absolute Gasteiger partial charge is 0.494 e. The first kappa shape index (κ1) is 21.3. The number of piperidine rings is 1. The van der Waals surface area contributed by atoms with Crippen molar-refractivity contribution in [1.29, 1.82) is 0 Å². The summed E-state index contributed by atoms with van der Waals surface area (Å²) in [4.78, 5) is 12.8. The molecule has 6 nitrogen and oxygen atoms in total. The highest BCUT2D eigenvalue weighted by Crippen LogP contribution is 2.25. The van der Waals surface area contributed by atoms with E-state index in [2.05, 4.69) is 5.32 Å². The van der Waals surface area contributed by atoms with Crippen LogP contribution in [0.25, 0.3) is 0 Å². The van der Waals surface area contributed by atoms with Gasteiger partial charge in [-0.1, -0.05) is 30.3 Å². The van der Waals surface area contributed by atoms with Crippen molar-refractivity contribution in [1.82, 2.24) is 9.62 Å². The second kappa shape index (κ2) is 9.89. The number of hydrogen-bond acceptors (Lipinski definition) is 4. The summed E-state index contributed by atoms with van der Waals surface area (Å²) in [6.45, 7) is 3.60. The molecule has 3 rings (SSSR count). The second-order valence-electron chi connectivity index (χ2n) is 7.13. The first-order valence-electron chi connectivity index (χ1n) is 10.1. The highest BCUT2D eigenvalue weighted by Gasteiger charge is 2.33. The quantitative estimate of drug-likeness (QED) is 0.718. The van der Waals surface area contributed by atoms with Crippen molar-refractivity contribution in [3.63, 3.8) is 0 Å². The van der Waals surface area contributed by atoms with Crippen molar-refractivity contribution in [3.8, 4) is 5.75 Å². The highest BCUT2D eigenvalue weighted by molar-refractivity contribution is 7.89. The van der Waals surface area contributed by atoms with Crippen molar-refractivity contribution in [2.45, 2.75) is 31.1 Å². The predicted octanol–water partition coefficient (Wildman–Crippen LogP) is 2.84. The molecule has 0 radical (unpaired) electrons. The molecule has 29 heavy (non-hydrogen) atoms. The lowest BCUT2D eigenvalue weighted by Gasteiger charge is -2.31. The van der Waals surface area contributed by atoms with E-state index in [1.165, 1.54) is 4.31 Å². The van der Waals surface area contributed by atoms with Crippen LogP contribution in [0.1, 0.15) is 25.3 Å². The van der Waals surface area contributed by atoms with Crippen LogP contribution >= 0.6 is 0 Å². The van der Waals surface area contributed by atoms with Gasteiger partial charge in [0.2, 0.25) is 15.9 Å². The maximum Gasteiger partial charge on any atom is 0.243 e. The van der Waals surface area contributed by atoms with Crippen LogP contribution in [0.2, 0.25) is 0 Å². The predicted molar refractivity (Wildman–Crippen MR) is 112 cm³/mol. The molecule has 1 heterocycles. The molecule has 1 N–H and O–H groups in total. The zero-order valence-corrected chi connectivity index (χ0v) is 17.5. The molecule has 2 aromatic carbocycles. The van der Waals surface area contributed by atoms with Crippen LogP contribution in [0.3, 0.4) is 0 Å². The van der Waals surface area contributed by atoms with E-state index in [1.54, 1.807) is 24.3 Å². The monoisotopic (exact) mass is 416 g/mol. The van der Waals surface area contributed by atoms with Crippen LogP contribution < -0.4 is 10.1 Å². The number of sulfonamides is 1. The molecule has 0 aromatic heterocycles. The summed E-state index contributed by atoms with van der Waals surface area (Å²) in [6.07, 6.45) is 2.13. The lowest BCUT2D eigenvalue weighted by atomic mass is 9.99. The number of benzene rings is 2. The molecule has 156 valence electrons. The molecular weight excluding hydrogens is 388 g/mol. The summed E-state index contributed by atoms with van der Waals surface area (Å²) in [7, 11) is -3.63. The Labute approximate surface area is 172 Å². The van der Waals surface area contributed by atoms with Gasteiger partial charge in [0.25, 0.3) is 0 Å². The third kappa shape index (κ3) is 5.58. The fourth-order valence-corrected chi connectivity index (χ4v) is 5.04. The maximum atomic E-state index is 13.0. The van der Waals surface area contributed by atoms with Gasteiger partial charge in [-0.15, -0.1) is 0 Å². The van der Waals surface area contributed by atoms with Crippen LogP contribution in [0.4, 0.5) is 0 Å². The molecule has 1 saturated heterocycles. The van der Waals surface area contributed by atoms with Crippen LogP contribution in [-0.2, 0) is 21.2 Å². The number of ether oxygens (including phenoxy) is 1. The molecular formula is C22H28N2O4S. The zero-order chi connectivity index (χ0) is 20.7. The number of amides is 1. The van der Waals surface area contributed by atoms with Gasteiger partial charge in [-0.05, 0) is 56.0 Å². The van der Waals surface area contributed by atoms with Crippen LogP contribution in [0, 0.1) is 5.92 Å². The van der Waals surface area contributed by atoms with E-state index >= 15 is 0 Å². The van der Waals surface area contributed by atoms with E-state index in [0.717, 1.165) is 12.0 Å². The van der Waals surface area contributed by atoms with Gasteiger partial charge in [0.15, 0.2) is 0 Å². The van der Waals surface area contributed by atoms with E-state index in [-0.39, 0.29) is 23.3 Å². The average molecular weight is 417 g/mol. The van der Waals surface area contributed by atoms with Crippen molar-refractivity contribution in [2.75, 3.05) is 26.2 Å². The molecule has 1 fully saturated rings. The molecule has 0 unspecified atom stereocenters. The molecule has 7 heteroatoms. The van der Waals surface area contributed by atoms with Crippen molar-refractivity contribution in [3.05, 3.63) is 60.2 Å². The van der Waals surface area contributed by atoms with E-state index in [4.69, 9.17) is 4.74 Å². The van der Waals surface area contributed by atoms with Gasteiger partial charge in [0.05, 0.1) is 17.4 Å². The first-order valence-corrected chi connectivity index (χ1v) is 11.5. The van der Waals surface area contributed by atoms with Crippen molar-refractivity contribution in [2.24, 2.45) is 5.92 Å². The summed E-state index contributed by atoms with van der Waals surface area (Å²) >= 11 is 0. The van der Waals surface area contributed by atoms with Gasteiger partial charge in [-0.3, -0.25) is 4.79 Å². The van der Waals surface area contributed by atoms with Gasteiger partial charge in [0.1, 0.15) is 5.75 Å². The number of hydrogen-bond donors (Lipinski definition) is 1. The average Bonchev–Trinajstić information content (AvgIpc) is 2.75. The first-order chi connectivity index (χ1) is 14.0. The number of carbonyl (C=O) groups excluding carboxylic acids is 1. The summed E-state index contributed by atoms with van der Waals surface area (Å²) in [6, 6.07) is 16.4. The summed E-state index contributed by atoms with van der Waals surface area (Å²) < 4.78 is 32.8. The SMILES string of the molecule is CCOc1ccc(S(=O)(=O)N2CCC[C@H](C(=O)NCCc3ccccc3)C2)cc1. The fourth-order valence-electron chi connectivity index (χ4n) is 3.52. The molecule has 0 aliphatic carbocycles. The third-order valence-corrected chi connectivity index (χ3v) is 6.96. The Kier molecular flexibility index (Phi) is 7.28. The smallest absolute Gasteiger partial charge is 0.243 e. The molecule has 0 bridgehead atoms. The molecule has 1 amide bonds. The van der Waals surface area contributed by atoms with Gasteiger partial charge in [-0.2, -0.15) is 4.31 Å². The lowest BCUT2D eigenvalue weighted by Crippen LogP contribution is -2.45. The fraction of sp³-hybridized carbons (Fsp3) is 0.409. The second-order valence-corrected chi connectivity index (χ2v) is 9.07. The Morgan fingerprint density at radius 2 is 1.86 bits per heavy atom. The standard InChI is InChI=1S/C22H28N2O4S/c1-2-28-20-10-12-21(13-11-20)29(26,27)24-16-6-9-19(17-24)22(25)23-15-14-18-7-4-3-5-8-18/h3-5,7-8,10-13,19H,2,6,9,14-17H2,1H3,(H,23,25)/t19-/m0/s1. The minimum atomic E-state index is -3.63. The lowest BCUT2D eigenvalue weighted by molar-refractivity contribution is -0.126.